The molecule has 1 nitrogen and oxygen atoms in total. The van der Waals surface area contributed by atoms with E-state index in [4.69, 9.17) is 0 Å². The van der Waals surface area contributed by atoms with Crippen molar-refractivity contribution in [2.45, 2.75) is 47.0 Å². The highest BCUT2D eigenvalue weighted by Gasteiger charge is 2.38. The fraction of sp³-hybridized carbons (Fsp3) is 0.643. The molecular formula is C14H22O. The van der Waals surface area contributed by atoms with Crippen molar-refractivity contribution in [3.63, 3.8) is 0 Å². The molecule has 84 valence electrons. The molecule has 0 radical (unpaired) electrons. The lowest BCUT2D eigenvalue weighted by atomic mass is 9.64. The summed E-state index contributed by atoms with van der Waals surface area (Å²) in [6.45, 7) is 8.44. The number of ketones is 1. The smallest absolute Gasteiger partial charge is 0.162 e. The van der Waals surface area contributed by atoms with Gasteiger partial charge in [0.1, 0.15) is 0 Å². The van der Waals surface area contributed by atoms with Gasteiger partial charge in [-0.15, -0.1) is 0 Å². The number of hydrogen-bond acceptors (Lipinski definition) is 1. The first-order valence-corrected chi connectivity index (χ1v) is 5.88. The summed E-state index contributed by atoms with van der Waals surface area (Å²) < 4.78 is 0. The van der Waals surface area contributed by atoms with Crippen LogP contribution >= 0.6 is 0 Å². The monoisotopic (exact) mass is 206 g/mol. The molecule has 0 amide bonds. The van der Waals surface area contributed by atoms with Crippen LogP contribution < -0.4 is 0 Å². The average Bonchev–Trinajstić information content (AvgIpc) is 2.18. The van der Waals surface area contributed by atoms with Crippen molar-refractivity contribution in [2.75, 3.05) is 0 Å². The van der Waals surface area contributed by atoms with Crippen LogP contribution in [0.15, 0.2) is 23.8 Å². The van der Waals surface area contributed by atoms with E-state index in [-0.39, 0.29) is 17.1 Å². The second-order valence-corrected chi connectivity index (χ2v) is 4.83. The van der Waals surface area contributed by atoms with Gasteiger partial charge in [0.05, 0.1) is 0 Å². The maximum absolute atomic E-state index is 12.1. The van der Waals surface area contributed by atoms with E-state index in [1.807, 2.05) is 13.0 Å². The summed E-state index contributed by atoms with van der Waals surface area (Å²) in [5.41, 5.74) is 1.42. The third-order valence-electron chi connectivity index (χ3n) is 3.76. The molecule has 0 N–H and O–H groups in total. The van der Waals surface area contributed by atoms with Gasteiger partial charge in [0, 0.05) is 5.92 Å². The van der Waals surface area contributed by atoms with Crippen LogP contribution in [-0.2, 0) is 4.79 Å². The number of allylic oxidation sites excluding steroid dienone is 4. The first-order chi connectivity index (χ1) is 7.05. The lowest BCUT2D eigenvalue weighted by Crippen LogP contribution is -2.35. The fourth-order valence-electron chi connectivity index (χ4n) is 2.65. The van der Waals surface area contributed by atoms with Gasteiger partial charge in [-0.3, -0.25) is 4.79 Å². The highest BCUT2D eigenvalue weighted by atomic mass is 16.1. The van der Waals surface area contributed by atoms with Crippen LogP contribution in [0.5, 0.6) is 0 Å². The maximum atomic E-state index is 12.1. The summed E-state index contributed by atoms with van der Waals surface area (Å²) >= 11 is 0. The zero-order valence-corrected chi connectivity index (χ0v) is 10.3. The minimum atomic E-state index is 0.104. The van der Waals surface area contributed by atoms with E-state index in [1.165, 1.54) is 5.57 Å². The Balaban J connectivity index is 3.02. The molecule has 1 heteroatoms. The topological polar surface area (TPSA) is 17.1 Å². The lowest BCUT2D eigenvalue weighted by molar-refractivity contribution is -0.120. The summed E-state index contributed by atoms with van der Waals surface area (Å²) in [6.07, 6.45) is 9.13. The van der Waals surface area contributed by atoms with E-state index in [9.17, 15) is 4.79 Å². The molecule has 0 aromatic heterocycles. The van der Waals surface area contributed by atoms with Gasteiger partial charge in [-0.2, -0.15) is 0 Å². The third kappa shape index (κ3) is 2.39. The largest absolute Gasteiger partial charge is 0.294 e. The van der Waals surface area contributed by atoms with Crippen molar-refractivity contribution in [3.05, 3.63) is 23.8 Å². The van der Waals surface area contributed by atoms with Gasteiger partial charge < -0.3 is 0 Å². The Kier molecular flexibility index (Phi) is 3.90. The van der Waals surface area contributed by atoms with Crippen LogP contribution in [0.2, 0.25) is 0 Å². The third-order valence-corrected chi connectivity index (χ3v) is 3.76. The normalized spacial score (nSPS) is 31.7. The zero-order chi connectivity index (χ0) is 11.5. The van der Waals surface area contributed by atoms with E-state index in [1.54, 1.807) is 6.08 Å². The van der Waals surface area contributed by atoms with Crippen molar-refractivity contribution in [3.8, 4) is 0 Å². The summed E-state index contributed by atoms with van der Waals surface area (Å²) in [5.74, 6) is 0.378. The van der Waals surface area contributed by atoms with Gasteiger partial charge in [0.15, 0.2) is 5.78 Å². The summed E-state index contributed by atoms with van der Waals surface area (Å²) in [4.78, 5) is 12.1. The Morgan fingerprint density at radius 1 is 1.67 bits per heavy atom. The van der Waals surface area contributed by atoms with Crippen molar-refractivity contribution in [1.29, 1.82) is 0 Å². The molecular weight excluding hydrogens is 184 g/mol. The summed E-state index contributed by atoms with van der Waals surface area (Å²) in [5, 5.41) is 0. The quantitative estimate of drug-likeness (QED) is 0.505. The van der Waals surface area contributed by atoms with Crippen molar-refractivity contribution in [1.82, 2.24) is 0 Å². The molecule has 0 spiro atoms. The average molecular weight is 206 g/mol. The van der Waals surface area contributed by atoms with E-state index in [2.05, 4.69) is 26.8 Å². The van der Waals surface area contributed by atoms with Crippen LogP contribution in [0.3, 0.4) is 0 Å². The summed E-state index contributed by atoms with van der Waals surface area (Å²) in [7, 11) is 0. The molecule has 0 bridgehead atoms. The second kappa shape index (κ2) is 4.78. The fourth-order valence-corrected chi connectivity index (χ4v) is 2.65. The van der Waals surface area contributed by atoms with E-state index < -0.39 is 0 Å². The van der Waals surface area contributed by atoms with Gasteiger partial charge in [-0.05, 0) is 44.6 Å². The zero-order valence-electron chi connectivity index (χ0n) is 10.3. The van der Waals surface area contributed by atoms with Crippen molar-refractivity contribution >= 4 is 5.78 Å². The number of carbonyl (C=O) groups is 1. The van der Waals surface area contributed by atoms with Crippen LogP contribution in [0, 0.1) is 11.3 Å². The predicted molar refractivity (Wildman–Crippen MR) is 64.7 cm³/mol. The molecule has 0 aromatic carbocycles. The Morgan fingerprint density at radius 2 is 2.33 bits per heavy atom. The van der Waals surface area contributed by atoms with Crippen LogP contribution in [0.1, 0.15) is 47.0 Å². The van der Waals surface area contributed by atoms with Crippen LogP contribution in [0.4, 0.5) is 0 Å². The first-order valence-electron chi connectivity index (χ1n) is 5.88. The Labute approximate surface area is 93.3 Å². The van der Waals surface area contributed by atoms with Gasteiger partial charge >= 0.3 is 0 Å². The maximum Gasteiger partial charge on any atom is 0.162 e. The van der Waals surface area contributed by atoms with Crippen molar-refractivity contribution < 1.29 is 4.79 Å². The number of hydrogen-bond donors (Lipinski definition) is 0. The highest BCUT2D eigenvalue weighted by molar-refractivity contribution is 5.94. The second-order valence-electron chi connectivity index (χ2n) is 4.83. The molecule has 0 heterocycles. The molecule has 0 aromatic rings. The Morgan fingerprint density at radius 3 is 2.87 bits per heavy atom. The summed E-state index contributed by atoms with van der Waals surface area (Å²) in [6, 6.07) is 0. The van der Waals surface area contributed by atoms with Gasteiger partial charge in [0.25, 0.3) is 0 Å². The first kappa shape index (κ1) is 12.2. The molecule has 0 unspecified atom stereocenters. The Bertz CT molecular complexity index is 298. The Hall–Kier alpha value is -0.850. The molecule has 15 heavy (non-hydrogen) atoms. The van der Waals surface area contributed by atoms with Crippen LogP contribution in [-0.4, -0.2) is 5.78 Å². The molecule has 1 aliphatic rings. The SMILES string of the molecule is CC=CC(=O)[C@H]1C(C)=CCC[C@]1(C)CC. The minimum Gasteiger partial charge on any atom is -0.294 e. The molecule has 2 atom stereocenters. The van der Waals surface area contributed by atoms with Crippen LogP contribution in [0.25, 0.3) is 0 Å². The molecule has 0 fully saturated rings. The lowest BCUT2D eigenvalue weighted by Gasteiger charge is -2.39. The molecule has 0 saturated carbocycles. The van der Waals surface area contributed by atoms with Crippen molar-refractivity contribution in [2.24, 2.45) is 11.3 Å². The highest BCUT2D eigenvalue weighted by Crippen LogP contribution is 2.44. The standard InChI is InChI=1S/C14H22O/c1-5-8-12(15)13-11(3)9-7-10-14(13,4)6-2/h5,8-9,13H,6-7,10H2,1-4H3/t13-,14+/m1/s1. The van der Waals surface area contributed by atoms with E-state index >= 15 is 0 Å². The van der Waals surface area contributed by atoms with E-state index in [0.29, 0.717) is 0 Å². The predicted octanol–water partition coefficient (Wildman–Crippen LogP) is 3.90. The van der Waals surface area contributed by atoms with E-state index in [0.717, 1.165) is 19.3 Å². The van der Waals surface area contributed by atoms with Gasteiger partial charge in [0.2, 0.25) is 0 Å². The van der Waals surface area contributed by atoms with Gasteiger partial charge in [-0.25, -0.2) is 0 Å². The minimum absolute atomic E-state index is 0.104. The number of carbonyl (C=O) groups excluding carboxylic acids is 1. The molecule has 1 aliphatic carbocycles. The molecule has 0 saturated heterocycles. The molecule has 0 aliphatic heterocycles. The van der Waals surface area contributed by atoms with Gasteiger partial charge in [-0.1, -0.05) is 31.6 Å². The molecule has 1 rings (SSSR count). The number of rotatable bonds is 3.